The van der Waals surface area contributed by atoms with E-state index >= 15 is 0 Å². The van der Waals surface area contributed by atoms with Crippen LogP contribution >= 0.6 is 22.6 Å². The van der Waals surface area contributed by atoms with E-state index in [0.29, 0.717) is 53.0 Å². The molecule has 0 spiro atoms. The smallest absolute Gasteiger partial charge is 0.337 e. The number of halogens is 1. The van der Waals surface area contributed by atoms with Gasteiger partial charge in [0.05, 0.1) is 38.7 Å². The van der Waals surface area contributed by atoms with E-state index in [-0.39, 0.29) is 12.2 Å². The van der Waals surface area contributed by atoms with Crippen LogP contribution in [-0.4, -0.2) is 57.0 Å². The van der Waals surface area contributed by atoms with Crippen LogP contribution in [0.2, 0.25) is 0 Å². The van der Waals surface area contributed by atoms with Crippen molar-refractivity contribution in [3.05, 3.63) is 92.2 Å². The molecule has 0 radical (unpaired) electrons. The second kappa shape index (κ2) is 16.0. The minimum Gasteiger partial charge on any atom is -0.493 e. The SMILES string of the molecule is CCOc1cc([C@@H]2NC(=O)NC(C)=C2C(=O)OC)ccc1OC[C@H](O)N/N=C/c1cc(I)cc(OC)c1OCc1ccccc1. The van der Waals surface area contributed by atoms with Gasteiger partial charge in [0.25, 0.3) is 0 Å². The quantitative estimate of drug-likeness (QED) is 0.0623. The molecule has 2 atom stereocenters. The number of allylic oxidation sites excluding steroid dienone is 1. The summed E-state index contributed by atoms with van der Waals surface area (Å²) in [5.41, 5.74) is 5.56. The second-order valence-corrected chi connectivity index (χ2v) is 11.0. The largest absolute Gasteiger partial charge is 0.493 e. The van der Waals surface area contributed by atoms with Gasteiger partial charge in [-0.3, -0.25) is 5.43 Å². The van der Waals surface area contributed by atoms with Crippen molar-refractivity contribution in [2.45, 2.75) is 32.7 Å². The van der Waals surface area contributed by atoms with Gasteiger partial charge in [-0.05, 0) is 71.8 Å². The van der Waals surface area contributed by atoms with Gasteiger partial charge < -0.3 is 39.4 Å². The van der Waals surface area contributed by atoms with E-state index < -0.39 is 24.3 Å². The number of esters is 1. The first-order chi connectivity index (χ1) is 21.7. The van der Waals surface area contributed by atoms with Crippen LogP contribution in [0, 0.1) is 3.57 Å². The zero-order valence-corrected chi connectivity index (χ0v) is 27.4. The lowest BCUT2D eigenvalue weighted by Crippen LogP contribution is -2.45. The molecule has 3 aromatic carbocycles. The van der Waals surface area contributed by atoms with Crippen molar-refractivity contribution >= 4 is 40.8 Å². The van der Waals surface area contributed by atoms with Gasteiger partial charge in [0, 0.05) is 14.8 Å². The molecule has 1 heterocycles. The van der Waals surface area contributed by atoms with Gasteiger partial charge in [-0.1, -0.05) is 36.4 Å². The molecular weight excluding hydrogens is 695 g/mol. The normalized spacial score (nSPS) is 15.2. The summed E-state index contributed by atoms with van der Waals surface area (Å²) in [7, 11) is 2.85. The lowest BCUT2D eigenvalue weighted by atomic mass is 9.95. The summed E-state index contributed by atoms with van der Waals surface area (Å²) in [5, 5.41) is 20.1. The van der Waals surface area contributed by atoms with Crippen molar-refractivity contribution in [1.29, 1.82) is 0 Å². The third-order valence-electron chi connectivity index (χ3n) is 6.59. The van der Waals surface area contributed by atoms with E-state index in [1.54, 1.807) is 32.2 Å². The van der Waals surface area contributed by atoms with Crippen molar-refractivity contribution in [2.24, 2.45) is 5.10 Å². The van der Waals surface area contributed by atoms with Crippen LogP contribution in [0.3, 0.4) is 0 Å². The predicted molar refractivity (Wildman–Crippen MR) is 175 cm³/mol. The highest BCUT2D eigenvalue weighted by molar-refractivity contribution is 14.1. The van der Waals surface area contributed by atoms with E-state index in [4.69, 9.17) is 23.7 Å². The fourth-order valence-corrected chi connectivity index (χ4v) is 5.15. The molecule has 3 aromatic rings. The molecule has 238 valence electrons. The number of ether oxygens (including phenoxy) is 5. The highest BCUT2D eigenvalue weighted by atomic mass is 127. The molecular formula is C32H35IN4O8. The molecule has 0 saturated carbocycles. The van der Waals surface area contributed by atoms with Gasteiger partial charge in [0.2, 0.25) is 0 Å². The zero-order valence-electron chi connectivity index (χ0n) is 25.3. The summed E-state index contributed by atoms with van der Waals surface area (Å²) in [6, 6.07) is 17.3. The topological polar surface area (TPSA) is 149 Å². The Bertz CT molecular complexity index is 1560. The van der Waals surface area contributed by atoms with Crippen molar-refractivity contribution < 1.29 is 38.4 Å². The maximum Gasteiger partial charge on any atom is 0.337 e. The number of methoxy groups -OCH3 is 2. The third-order valence-corrected chi connectivity index (χ3v) is 7.22. The number of nitrogens with one attached hydrogen (secondary N) is 3. The van der Waals surface area contributed by atoms with Crippen LogP contribution in [0.1, 0.15) is 36.6 Å². The number of hydrogen-bond donors (Lipinski definition) is 4. The molecule has 2 amide bonds. The summed E-state index contributed by atoms with van der Waals surface area (Å²) in [4.78, 5) is 24.7. The predicted octanol–water partition coefficient (Wildman–Crippen LogP) is 4.40. The first-order valence-electron chi connectivity index (χ1n) is 14.0. The summed E-state index contributed by atoms with van der Waals surface area (Å²) in [6.45, 7) is 3.95. The fraction of sp³-hybridized carbons (Fsp3) is 0.281. The van der Waals surface area contributed by atoms with E-state index in [1.807, 2.05) is 49.4 Å². The molecule has 4 rings (SSSR count). The monoisotopic (exact) mass is 730 g/mol. The molecule has 12 nitrogen and oxygen atoms in total. The lowest BCUT2D eigenvalue weighted by molar-refractivity contribution is -0.136. The third kappa shape index (κ3) is 8.79. The van der Waals surface area contributed by atoms with Crippen LogP contribution in [0.25, 0.3) is 0 Å². The molecule has 45 heavy (non-hydrogen) atoms. The van der Waals surface area contributed by atoms with Gasteiger partial charge in [0.15, 0.2) is 29.2 Å². The molecule has 0 unspecified atom stereocenters. The summed E-state index contributed by atoms with van der Waals surface area (Å²) >= 11 is 2.18. The number of nitrogens with zero attached hydrogens (tertiary/aromatic N) is 1. The number of rotatable bonds is 14. The van der Waals surface area contributed by atoms with Gasteiger partial charge in [0.1, 0.15) is 13.2 Å². The molecule has 1 aliphatic heterocycles. The number of hydrazone groups is 1. The number of urea groups is 1. The highest BCUT2D eigenvalue weighted by Crippen LogP contribution is 2.35. The number of carbonyl (C=O) groups is 2. The van der Waals surface area contributed by atoms with Crippen molar-refractivity contribution in [3.63, 3.8) is 0 Å². The van der Waals surface area contributed by atoms with E-state index in [9.17, 15) is 14.7 Å². The molecule has 0 aromatic heterocycles. The van der Waals surface area contributed by atoms with Crippen LogP contribution in [0.5, 0.6) is 23.0 Å². The summed E-state index contributed by atoms with van der Waals surface area (Å²) < 4.78 is 29.1. The molecule has 4 N–H and O–H groups in total. The Morgan fingerprint density at radius 1 is 1.07 bits per heavy atom. The first-order valence-corrected chi connectivity index (χ1v) is 15.1. The molecule has 0 fully saturated rings. The molecule has 1 aliphatic rings. The van der Waals surface area contributed by atoms with Gasteiger partial charge >= 0.3 is 12.0 Å². The Labute approximate surface area is 274 Å². The molecule has 13 heteroatoms. The Hall–Kier alpha value is -4.50. The molecule has 0 bridgehead atoms. The van der Waals surface area contributed by atoms with Crippen LogP contribution in [-0.2, 0) is 16.1 Å². The van der Waals surface area contributed by atoms with E-state index in [2.05, 4.69) is 43.8 Å². The number of carbonyl (C=O) groups excluding carboxylic acids is 2. The molecule has 0 saturated heterocycles. The fourth-order valence-electron chi connectivity index (χ4n) is 4.54. The van der Waals surface area contributed by atoms with Crippen LogP contribution < -0.4 is 35.0 Å². The number of aliphatic hydroxyl groups excluding tert-OH is 1. The average molecular weight is 731 g/mol. The highest BCUT2D eigenvalue weighted by Gasteiger charge is 2.32. The Morgan fingerprint density at radius 2 is 1.84 bits per heavy atom. The van der Waals surface area contributed by atoms with Gasteiger partial charge in [-0.25, -0.2) is 9.59 Å². The summed E-state index contributed by atoms with van der Waals surface area (Å²) in [5.74, 6) is 1.22. The standard InChI is InChI=1S/C32H35IN4O8/c1-5-43-25-14-21(29-28(31(39)42-4)19(2)35-32(40)36-29)11-12-24(25)44-18-27(38)37-34-16-22-13-23(33)15-26(41-3)30(22)45-17-20-9-7-6-8-10-20/h6-16,27,29,37-38H,5,17-18H2,1-4H3,(H2,35,36,40)/b34-16+/t27-,29-/m0/s1. The molecule has 0 aliphatic carbocycles. The number of amides is 2. The van der Waals surface area contributed by atoms with E-state index in [0.717, 1.165) is 9.13 Å². The van der Waals surface area contributed by atoms with E-state index in [1.165, 1.54) is 13.3 Å². The zero-order chi connectivity index (χ0) is 32.3. The first kappa shape index (κ1) is 33.4. The average Bonchev–Trinajstić information content (AvgIpc) is 3.03. The maximum absolute atomic E-state index is 12.5. The number of benzene rings is 3. The Morgan fingerprint density at radius 3 is 2.56 bits per heavy atom. The van der Waals surface area contributed by atoms with Crippen molar-refractivity contribution in [2.75, 3.05) is 27.4 Å². The Kier molecular flexibility index (Phi) is 11.9. The Balaban J connectivity index is 1.44. The minimum absolute atomic E-state index is 0.166. The maximum atomic E-state index is 12.5. The second-order valence-electron chi connectivity index (χ2n) is 9.72. The number of hydrogen-bond acceptors (Lipinski definition) is 10. The number of aliphatic hydroxyl groups is 1. The summed E-state index contributed by atoms with van der Waals surface area (Å²) in [6.07, 6.45) is 0.366. The van der Waals surface area contributed by atoms with Crippen molar-refractivity contribution in [3.8, 4) is 23.0 Å². The van der Waals surface area contributed by atoms with Gasteiger partial charge in [-0.15, -0.1) is 0 Å². The minimum atomic E-state index is -1.17. The lowest BCUT2D eigenvalue weighted by Gasteiger charge is -2.28. The van der Waals surface area contributed by atoms with Crippen LogP contribution in [0.15, 0.2) is 77.0 Å². The van der Waals surface area contributed by atoms with Crippen LogP contribution in [0.4, 0.5) is 4.79 Å². The van der Waals surface area contributed by atoms with Gasteiger partial charge in [-0.2, -0.15) is 5.10 Å². The van der Waals surface area contributed by atoms with Crippen molar-refractivity contribution in [1.82, 2.24) is 16.1 Å².